The van der Waals surface area contributed by atoms with Crippen molar-refractivity contribution in [3.8, 4) is 0 Å². The Morgan fingerprint density at radius 2 is 1.94 bits per heavy atom. The smallest absolute Gasteiger partial charge is 0.394 e. The van der Waals surface area contributed by atoms with Gasteiger partial charge in [-0.1, -0.05) is 6.07 Å². The average molecular weight is 237 g/mol. The molecule has 0 saturated heterocycles. The summed E-state index contributed by atoms with van der Waals surface area (Å²) in [7, 11) is 0. The molecule has 1 rings (SSSR count). The van der Waals surface area contributed by atoms with Crippen LogP contribution >= 0.6 is 0 Å². The molecule has 2 nitrogen and oxygen atoms in total. The summed E-state index contributed by atoms with van der Waals surface area (Å²) in [5.74, 6) is -0.646. The third-order valence-electron chi connectivity index (χ3n) is 2.19. The van der Waals surface area contributed by atoms with E-state index in [4.69, 9.17) is 5.11 Å². The van der Waals surface area contributed by atoms with E-state index in [0.29, 0.717) is 0 Å². The highest BCUT2D eigenvalue weighted by Gasteiger charge is 2.50. The Labute approximate surface area is 89.9 Å². The molecule has 0 heterocycles. The molecule has 0 bridgehead atoms. The maximum absolute atomic E-state index is 12.8. The van der Waals surface area contributed by atoms with Crippen molar-refractivity contribution in [1.82, 2.24) is 0 Å². The van der Waals surface area contributed by atoms with Crippen LogP contribution in [0.4, 0.5) is 23.2 Å². The van der Waals surface area contributed by atoms with Gasteiger partial charge in [0.25, 0.3) is 0 Å². The average Bonchev–Trinajstić information content (AvgIpc) is 2.15. The maximum Gasteiger partial charge on any atom is 0.413 e. The van der Waals surface area contributed by atoms with Gasteiger partial charge in [0, 0.05) is 5.69 Å². The minimum absolute atomic E-state index is 0.0334. The number of hydrogen-bond donors (Lipinski definition) is 2. The number of hydrogen-bond acceptors (Lipinski definition) is 2. The van der Waals surface area contributed by atoms with Gasteiger partial charge in [0.1, 0.15) is 5.82 Å². The topological polar surface area (TPSA) is 32.3 Å². The maximum atomic E-state index is 12.8. The molecular weight excluding hydrogens is 226 g/mol. The van der Waals surface area contributed by atoms with Crippen LogP contribution in [0, 0.1) is 5.82 Å². The number of anilines is 1. The van der Waals surface area contributed by atoms with Crippen LogP contribution in [-0.4, -0.2) is 23.4 Å². The second-order valence-corrected chi connectivity index (χ2v) is 3.62. The van der Waals surface area contributed by atoms with Gasteiger partial charge in [-0.15, -0.1) is 0 Å². The van der Waals surface area contributed by atoms with E-state index in [1.54, 1.807) is 0 Å². The summed E-state index contributed by atoms with van der Waals surface area (Å²) >= 11 is 0. The molecule has 0 aliphatic carbocycles. The number of benzene rings is 1. The second-order valence-electron chi connectivity index (χ2n) is 3.62. The fourth-order valence-electron chi connectivity index (χ4n) is 1.08. The lowest BCUT2D eigenvalue weighted by Gasteiger charge is -2.32. The minimum atomic E-state index is -4.63. The highest BCUT2D eigenvalue weighted by molar-refractivity contribution is 5.46. The Hall–Kier alpha value is -1.30. The van der Waals surface area contributed by atoms with E-state index in [9.17, 15) is 17.6 Å². The van der Waals surface area contributed by atoms with Gasteiger partial charge in [-0.2, -0.15) is 13.2 Å². The van der Waals surface area contributed by atoms with Crippen LogP contribution in [-0.2, 0) is 0 Å². The Morgan fingerprint density at radius 1 is 1.31 bits per heavy atom. The molecule has 1 unspecified atom stereocenters. The standard InChI is InChI=1S/C10H11F4NO/c1-9(6-16,10(12,13)14)15-8-4-2-3-7(11)5-8/h2-5,15-16H,6H2,1H3. The van der Waals surface area contributed by atoms with E-state index in [1.807, 2.05) is 0 Å². The number of halogens is 4. The van der Waals surface area contributed by atoms with Gasteiger partial charge >= 0.3 is 6.18 Å². The van der Waals surface area contributed by atoms with Crippen LogP contribution in [0.15, 0.2) is 24.3 Å². The van der Waals surface area contributed by atoms with Crippen LogP contribution in [0.3, 0.4) is 0 Å². The molecule has 0 fully saturated rings. The van der Waals surface area contributed by atoms with Crippen molar-refractivity contribution < 1.29 is 22.7 Å². The van der Waals surface area contributed by atoms with Gasteiger partial charge in [0.2, 0.25) is 0 Å². The first-order valence-electron chi connectivity index (χ1n) is 4.50. The zero-order valence-corrected chi connectivity index (χ0v) is 8.48. The van der Waals surface area contributed by atoms with Crippen molar-refractivity contribution in [3.05, 3.63) is 30.1 Å². The Bertz CT molecular complexity index is 366. The first kappa shape index (κ1) is 12.8. The van der Waals surface area contributed by atoms with E-state index in [0.717, 1.165) is 19.1 Å². The number of alkyl halides is 3. The van der Waals surface area contributed by atoms with Gasteiger partial charge in [-0.25, -0.2) is 4.39 Å². The predicted molar refractivity (Wildman–Crippen MR) is 51.6 cm³/mol. The van der Waals surface area contributed by atoms with E-state index in [-0.39, 0.29) is 5.69 Å². The predicted octanol–water partition coefficient (Wildman–Crippen LogP) is 2.55. The lowest BCUT2D eigenvalue weighted by molar-refractivity contribution is -0.182. The van der Waals surface area contributed by atoms with Crippen molar-refractivity contribution in [2.75, 3.05) is 11.9 Å². The SMILES string of the molecule is CC(CO)(Nc1cccc(F)c1)C(F)(F)F. The summed E-state index contributed by atoms with van der Waals surface area (Å²) in [4.78, 5) is 0. The summed E-state index contributed by atoms with van der Waals surface area (Å²) in [5.41, 5.74) is -2.52. The lowest BCUT2D eigenvalue weighted by atomic mass is 10.0. The molecule has 1 aromatic carbocycles. The van der Waals surface area contributed by atoms with Crippen LogP contribution in [0.5, 0.6) is 0 Å². The highest BCUT2D eigenvalue weighted by atomic mass is 19.4. The van der Waals surface area contributed by atoms with E-state index in [2.05, 4.69) is 5.32 Å². The van der Waals surface area contributed by atoms with Crippen LogP contribution in [0.25, 0.3) is 0 Å². The van der Waals surface area contributed by atoms with E-state index < -0.39 is 24.1 Å². The van der Waals surface area contributed by atoms with Crippen molar-refractivity contribution in [2.24, 2.45) is 0 Å². The number of nitrogens with one attached hydrogen (secondary N) is 1. The van der Waals surface area contributed by atoms with Crippen molar-refractivity contribution in [1.29, 1.82) is 0 Å². The summed E-state index contributed by atoms with van der Waals surface area (Å²) in [6, 6.07) is 4.63. The van der Waals surface area contributed by atoms with Gasteiger partial charge in [-0.05, 0) is 25.1 Å². The Morgan fingerprint density at radius 3 is 2.38 bits per heavy atom. The Balaban J connectivity index is 2.94. The molecule has 2 N–H and O–H groups in total. The zero-order valence-electron chi connectivity index (χ0n) is 8.48. The van der Waals surface area contributed by atoms with Gasteiger partial charge in [0.15, 0.2) is 5.54 Å². The van der Waals surface area contributed by atoms with Crippen molar-refractivity contribution in [3.63, 3.8) is 0 Å². The molecule has 0 radical (unpaired) electrons. The van der Waals surface area contributed by atoms with Gasteiger partial charge < -0.3 is 10.4 Å². The Kier molecular flexibility index (Phi) is 3.42. The molecule has 1 atom stereocenters. The van der Waals surface area contributed by atoms with Crippen molar-refractivity contribution >= 4 is 5.69 Å². The summed E-state index contributed by atoms with van der Waals surface area (Å²) < 4.78 is 50.5. The zero-order chi connectivity index (χ0) is 12.4. The third-order valence-corrected chi connectivity index (χ3v) is 2.19. The molecule has 0 aliphatic heterocycles. The number of rotatable bonds is 3. The van der Waals surface area contributed by atoms with Crippen LogP contribution < -0.4 is 5.32 Å². The molecule has 0 amide bonds. The largest absolute Gasteiger partial charge is 0.413 e. The first-order chi connectivity index (χ1) is 7.28. The lowest BCUT2D eigenvalue weighted by Crippen LogP contribution is -2.52. The van der Waals surface area contributed by atoms with Gasteiger partial charge in [-0.3, -0.25) is 0 Å². The number of aliphatic hydroxyl groups excluding tert-OH is 1. The molecule has 90 valence electrons. The fourth-order valence-corrected chi connectivity index (χ4v) is 1.08. The van der Waals surface area contributed by atoms with E-state index in [1.165, 1.54) is 12.1 Å². The molecule has 1 aromatic rings. The molecule has 0 aliphatic rings. The highest BCUT2D eigenvalue weighted by Crippen LogP contribution is 2.32. The van der Waals surface area contributed by atoms with Crippen LogP contribution in [0.1, 0.15) is 6.92 Å². The number of aliphatic hydroxyl groups is 1. The van der Waals surface area contributed by atoms with Crippen molar-refractivity contribution in [2.45, 2.75) is 18.6 Å². The fraction of sp³-hybridized carbons (Fsp3) is 0.400. The molecule has 0 aromatic heterocycles. The molecular formula is C10H11F4NO. The third kappa shape index (κ3) is 2.63. The van der Waals surface area contributed by atoms with Gasteiger partial charge in [0.05, 0.1) is 6.61 Å². The summed E-state index contributed by atoms with van der Waals surface area (Å²) in [6.45, 7) is -0.328. The summed E-state index contributed by atoms with van der Waals surface area (Å²) in [6.07, 6.45) is -4.63. The second kappa shape index (κ2) is 4.29. The van der Waals surface area contributed by atoms with E-state index >= 15 is 0 Å². The summed E-state index contributed by atoms with van der Waals surface area (Å²) in [5, 5.41) is 10.8. The van der Waals surface area contributed by atoms with Crippen LogP contribution in [0.2, 0.25) is 0 Å². The molecule has 0 saturated carbocycles. The minimum Gasteiger partial charge on any atom is -0.394 e. The monoisotopic (exact) mass is 237 g/mol. The normalized spacial score (nSPS) is 15.6. The first-order valence-corrected chi connectivity index (χ1v) is 4.50. The quantitative estimate of drug-likeness (QED) is 0.792. The molecule has 16 heavy (non-hydrogen) atoms. The molecule has 6 heteroatoms. The molecule has 0 spiro atoms.